The van der Waals surface area contributed by atoms with E-state index in [9.17, 15) is 4.79 Å². The molecular weight excluding hydrogens is 354 g/mol. The Hall–Kier alpha value is -3.32. The van der Waals surface area contributed by atoms with E-state index in [1.807, 2.05) is 49.5 Å². The number of pyridine rings is 1. The Balaban J connectivity index is 1.46. The second-order valence-electron chi connectivity index (χ2n) is 6.36. The highest BCUT2D eigenvalue weighted by Gasteiger charge is 2.10. The van der Waals surface area contributed by atoms with Crippen LogP contribution >= 0.6 is 0 Å². The highest BCUT2D eigenvalue weighted by Crippen LogP contribution is 2.11. The first-order chi connectivity index (χ1) is 13.8. The van der Waals surface area contributed by atoms with Crippen LogP contribution in [0, 0.1) is 0 Å². The van der Waals surface area contributed by atoms with E-state index in [1.165, 1.54) is 0 Å². The van der Waals surface area contributed by atoms with Crippen LogP contribution in [-0.4, -0.2) is 52.3 Å². The van der Waals surface area contributed by atoms with E-state index in [-0.39, 0.29) is 0 Å². The predicted octanol–water partition coefficient (Wildman–Crippen LogP) is 2.76. The standard InChI is InChI=1S/C21H23N5O2/c1-25(13-11-23-28-17-18-6-3-2-4-7-18)12-9-21-19(16-27)15-26(24-21)20-8-5-10-22-14-20/h2-8,10-11,14-16H,9,12-13,17H2,1H3/b23-11+. The molecule has 0 saturated heterocycles. The zero-order valence-electron chi connectivity index (χ0n) is 15.8. The van der Waals surface area contributed by atoms with Crippen molar-refractivity contribution in [3.05, 3.63) is 77.9 Å². The number of benzene rings is 1. The van der Waals surface area contributed by atoms with Crippen molar-refractivity contribution in [2.45, 2.75) is 13.0 Å². The molecule has 1 aromatic carbocycles. The zero-order valence-corrected chi connectivity index (χ0v) is 15.8. The summed E-state index contributed by atoms with van der Waals surface area (Å²) >= 11 is 0. The highest BCUT2D eigenvalue weighted by atomic mass is 16.6. The van der Waals surface area contributed by atoms with Crippen LogP contribution in [-0.2, 0) is 17.9 Å². The number of hydrogen-bond acceptors (Lipinski definition) is 6. The lowest BCUT2D eigenvalue weighted by Gasteiger charge is -2.12. The topological polar surface area (TPSA) is 72.6 Å². The number of aldehydes is 1. The maximum Gasteiger partial charge on any atom is 0.153 e. The van der Waals surface area contributed by atoms with Gasteiger partial charge < -0.3 is 9.74 Å². The van der Waals surface area contributed by atoms with Crippen molar-refractivity contribution >= 4 is 12.5 Å². The van der Waals surface area contributed by atoms with Gasteiger partial charge in [0, 0.05) is 31.9 Å². The Morgan fingerprint density at radius 1 is 1.21 bits per heavy atom. The smallest absolute Gasteiger partial charge is 0.153 e. The molecule has 0 spiro atoms. The lowest BCUT2D eigenvalue weighted by Crippen LogP contribution is -2.23. The van der Waals surface area contributed by atoms with Gasteiger partial charge in [-0.15, -0.1) is 0 Å². The molecule has 28 heavy (non-hydrogen) atoms. The van der Waals surface area contributed by atoms with E-state index in [4.69, 9.17) is 4.84 Å². The predicted molar refractivity (Wildman–Crippen MR) is 108 cm³/mol. The molecule has 0 aliphatic carbocycles. The Morgan fingerprint density at radius 2 is 2.07 bits per heavy atom. The van der Waals surface area contributed by atoms with Crippen LogP contribution in [0.4, 0.5) is 0 Å². The molecule has 2 aromatic heterocycles. The SMILES string of the molecule is CN(C/C=N/OCc1ccccc1)CCc1nn(-c2cccnc2)cc1C=O. The fraction of sp³-hybridized carbons (Fsp3) is 0.238. The molecule has 0 aliphatic rings. The minimum Gasteiger partial charge on any atom is -0.391 e. The summed E-state index contributed by atoms with van der Waals surface area (Å²) in [7, 11) is 1.99. The summed E-state index contributed by atoms with van der Waals surface area (Å²) in [6, 6.07) is 13.6. The fourth-order valence-corrected chi connectivity index (χ4v) is 2.64. The number of hydrogen-bond donors (Lipinski definition) is 0. The minimum atomic E-state index is 0.454. The third-order valence-electron chi connectivity index (χ3n) is 4.21. The molecule has 0 aliphatic heterocycles. The molecule has 0 atom stereocenters. The van der Waals surface area contributed by atoms with Crippen LogP contribution in [0.5, 0.6) is 0 Å². The average molecular weight is 377 g/mol. The number of nitrogens with zero attached hydrogens (tertiary/aromatic N) is 5. The van der Waals surface area contributed by atoms with Gasteiger partial charge in [0.15, 0.2) is 6.29 Å². The lowest BCUT2D eigenvalue weighted by molar-refractivity contribution is 0.112. The average Bonchev–Trinajstić information content (AvgIpc) is 3.17. The van der Waals surface area contributed by atoms with E-state index in [0.717, 1.165) is 29.8 Å². The van der Waals surface area contributed by atoms with Gasteiger partial charge in [0.1, 0.15) is 6.61 Å². The molecule has 0 unspecified atom stereocenters. The van der Waals surface area contributed by atoms with Crippen LogP contribution in [0.2, 0.25) is 0 Å². The van der Waals surface area contributed by atoms with Crippen LogP contribution < -0.4 is 0 Å². The third kappa shape index (κ3) is 5.59. The Bertz CT molecular complexity index is 894. The summed E-state index contributed by atoms with van der Waals surface area (Å²) in [6.07, 6.45) is 8.39. The van der Waals surface area contributed by atoms with Gasteiger partial charge in [0.05, 0.1) is 29.4 Å². The van der Waals surface area contributed by atoms with E-state index in [2.05, 4.69) is 20.1 Å². The van der Waals surface area contributed by atoms with Gasteiger partial charge in [-0.05, 0) is 24.7 Å². The van der Waals surface area contributed by atoms with Gasteiger partial charge in [-0.3, -0.25) is 9.78 Å². The maximum atomic E-state index is 11.4. The van der Waals surface area contributed by atoms with Gasteiger partial charge in [-0.25, -0.2) is 4.68 Å². The highest BCUT2D eigenvalue weighted by molar-refractivity contribution is 5.76. The Kier molecular flexibility index (Phi) is 7.03. The normalized spacial score (nSPS) is 11.2. The molecule has 0 N–H and O–H groups in total. The molecule has 7 nitrogen and oxygen atoms in total. The van der Waals surface area contributed by atoms with Gasteiger partial charge in [0.2, 0.25) is 0 Å². The van der Waals surface area contributed by atoms with Gasteiger partial charge >= 0.3 is 0 Å². The first-order valence-electron chi connectivity index (χ1n) is 9.06. The molecule has 2 heterocycles. The molecule has 0 fully saturated rings. The molecule has 3 aromatic rings. The van der Waals surface area contributed by atoms with E-state index in [1.54, 1.807) is 29.5 Å². The van der Waals surface area contributed by atoms with Crippen molar-refractivity contribution < 1.29 is 9.63 Å². The summed E-state index contributed by atoms with van der Waals surface area (Å²) in [5.74, 6) is 0. The second kappa shape index (κ2) is 10.1. The van der Waals surface area contributed by atoms with Crippen molar-refractivity contribution in [3.8, 4) is 5.69 Å². The summed E-state index contributed by atoms with van der Waals surface area (Å²) in [5, 5.41) is 8.52. The third-order valence-corrected chi connectivity index (χ3v) is 4.21. The molecule has 0 bridgehead atoms. The monoisotopic (exact) mass is 377 g/mol. The van der Waals surface area contributed by atoms with Crippen molar-refractivity contribution in [2.75, 3.05) is 20.1 Å². The van der Waals surface area contributed by atoms with Crippen molar-refractivity contribution in [3.63, 3.8) is 0 Å². The lowest BCUT2D eigenvalue weighted by atomic mass is 10.2. The van der Waals surface area contributed by atoms with Gasteiger partial charge in [-0.2, -0.15) is 5.10 Å². The fourth-order valence-electron chi connectivity index (χ4n) is 2.64. The first-order valence-corrected chi connectivity index (χ1v) is 9.06. The number of carbonyl (C=O) groups excluding carboxylic acids is 1. The van der Waals surface area contributed by atoms with Gasteiger partial charge in [-0.1, -0.05) is 35.5 Å². The molecule has 144 valence electrons. The van der Waals surface area contributed by atoms with Crippen LogP contribution in [0.3, 0.4) is 0 Å². The molecule has 7 heteroatoms. The number of rotatable bonds is 10. The van der Waals surface area contributed by atoms with Crippen LogP contribution in [0.25, 0.3) is 5.69 Å². The summed E-state index contributed by atoms with van der Waals surface area (Å²) in [5.41, 5.74) is 3.27. The molecule has 3 rings (SSSR count). The van der Waals surface area contributed by atoms with Crippen LogP contribution in [0.15, 0.2) is 66.2 Å². The second-order valence-corrected chi connectivity index (χ2v) is 6.36. The largest absolute Gasteiger partial charge is 0.391 e. The quantitative estimate of drug-likeness (QED) is 0.309. The summed E-state index contributed by atoms with van der Waals surface area (Å²) in [4.78, 5) is 22.8. The number of aromatic nitrogens is 3. The molecule has 0 radical (unpaired) electrons. The van der Waals surface area contributed by atoms with E-state index < -0.39 is 0 Å². The van der Waals surface area contributed by atoms with Gasteiger partial charge in [0.25, 0.3) is 0 Å². The molecular formula is C21H23N5O2. The zero-order chi connectivity index (χ0) is 19.6. The first kappa shape index (κ1) is 19.4. The summed E-state index contributed by atoms with van der Waals surface area (Å²) in [6.45, 7) is 1.85. The van der Waals surface area contributed by atoms with Crippen molar-refractivity contribution in [2.24, 2.45) is 5.16 Å². The minimum absolute atomic E-state index is 0.454. The van der Waals surface area contributed by atoms with Crippen LogP contribution in [0.1, 0.15) is 21.6 Å². The van der Waals surface area contributed by atoms with E-state index in [0.29, 0.717) is 25.1 Å². The van der Waals surface area contributed by atoms with Crippen molar-refractivity contribution in [1.29, 1.82) is 0 Å². The molecule has 0 saturated carbocycles. The van der Waals surface area contributed by atoms with Crippen molar-refractivity contribution in [1.82, 2.24) is 19.7 Å². The number of likely N-dealkylation sites (N-methyl/N-ethyl adjacent to an activating group) is 1. The molecule has 0 amide bonds. The van der Waals surface area contributed by atoms with E-state index >= 15 is 0 Å². The number of carbonyl (C=O) groups is 1. The number of oxime groups is 1. The maximum absolute atomic E-state index is 11.4. The Labute approximate surface area is 164 Å². The Morgan fingerprint density at radius 3 is 2.82 bits per heavy atom. The summed E-state index contributed by atoms with van der Waals surface area (Å²) < 4.78 is 1.69.